The second kappa shape index (κ2) is 3.49. The number of aromatic amines is 1. The number of benzene rings is 1. The normalized spacial score (nSPS) is 10.1. The molecule has 1 heterocycles. The van der Waals surface area contributed by atoms with Gasteiger partial charge in [-0.05, 0) is 24.3 Å². The minimum absolute atomic E-state index is 0.148. The number of para-hydroxylation sites is 1. The minimum atomic E-state index is -0.148. The summed E-state index contributed by atoms with van der Waals surface area (Å²) < 4.78 is 0. The van der Waals surface area contributed by atoms with Crippen molar-refractivity contribution in [3.8, 4) is 0 Å². The molecule has 76 valence electrons. The summed E-state index contributed by atoms with van der Waals surface area (Å²) in [5, 5.41) is 0. The number of hydrogen-bond acceptors (Lipinski definition) is 3. The van der Waals surface area contributed by atoms with Gasteiger partial charge in [0.1, 0.15) is 5.82 Å². The van der Waals surface area contributed by atoms with Crippen LogP contribution in [0.3, 0.4) is 0 Å². The van der Waals surface area contributed by atoms with E-state index in [2.05, 4.69) is 4.98 Å². The van der Waals surface area contributed by atoms with E-state index in [0.717, 1.165) is 0 Å². The molecule has 0 radical (unpaired) electrons. The van der Waals surface area contributed by atoms with Crippen molar-refractivity contribution in [3.05, 3.63) is 47.7 Å². The van der Waals surface area contributed by atoms with Crippen molar-refractivity contribution in [1.82, 2.24) is 4.98 Å². The molecule has 5 N–H and O–H groups in total. The van der Waals surface area contributed by atoms with Crippen LogP contribution in [0.25, 0.3) is 0 Å². The summed E-state index contributed by atoms with van der Waals surface area (Å²) in [6.45, 7) is 0. The summed E-state index contributed by atoms with van der Waals surface area (Å²) in [5.74, 6) is 0.317. The SMILES string of the molecule is Nc1ccc(C(=O)c2ccccc2N)[nH]1. The molecule has 0 unspecified atom stereocenters. The van der Waals surface area contributed by atoms with Crippen molar-refractivity contribution in [3.63, 3.8) is 0 Å². The predicted molar refractivity (Wildman–Crippen MR) is 59.5 cm³/mol. The Labute approximate surface area is 86.9 Å². The molecule has 2 rings (SSSR count). The van der Waals surface area contributed by atoms with Crippen LogP contribution >= 0.6 is 0 Å². The molecule has 0 spiro atoms. The first-order chi connectivity index (χ1) is 7.18. The maximum Gasteiger partial charge on any atom is 0.211 e. The highest BCUT2D eigenvalue weighted by Gasteiger charge is 2.12. The topological polar surface area (TPSA) is 84.9 Å². The monoisotopic (exact) mass is 201 g/mol. The fourth-order valence-electron chi connectivity index (χ4n) is 1.39. The van der Waals surface area contributed by atoms with E-state index in [9.17, 15) is 4.79 Å². The maximum absolute atomic E-state index is 11.9. The van der Waals surface area contributed by atoms with Crippen molar-refractivity contribution < 1.29 is 4.79 Å². The lowest BCUT2D eigenvalue weighted by Gasteiger charge is -2.02. The standard InChI is InChI=1S/C11H11N3O/c12-8-4-2-1-3-7(8)11(15)9-5-6-10(13)14-9/h1-6,14H,12-13H2. The zero-order chi connectivity index (χ0) is 10.8. The fraction of sp³-hybridized carbons (Fsp3) is 0. The average Bonchev–Trinajstić information content (AvgIpc) is 2.65. The molecule has 0 aliphatic heterocycles. The van der Waals surface area contributed by atoms with Gasteiger partial charge in [0.05, 0.1) is 5.69 Å². The Balaban J connectivity index is 2.41. The second-order valence-electron chi connectivity index (χ2n) is 3.24. The van der Waals surface area contributed by atoms with Crippen LogP contribution in [-0.4, -0.2) is 10.8 Å². The highest BCUT2D eigenvalue weighted by Crippen LogP contribution is 2.16. The van der Waals surface area contributed by atoms with E-state index in [1.165, 1.54) is 0 Å². The number of anilines is 2. The number of H-pyrrole nitrogens is 1. The minimum Gasteiger partial charge on any atom is -0.398 e. The number of carbonyl (C=O) groups excluding carboxylic acids is 1. The molecule has 0 bridgehead atoms. The summed E-state index contributed by atoms with van der Waals surface area (Å²) in [7, 11) is 0. The largest absolute Gasteiger partial charge is 0.398 e. The highest BCUT2D eigenvalue weighted by molar-refractivity contribution is 6.11. The van der Waals surface area contributed by atoms with Crippen LogP contribution in [0.15, 0.2) is 36.4 Å². The number of hydrogen-bond donors (Lipinski definition) is 3. The van der Waals surface area contributed by atoms with E-state index < -0.39 is 0 Å². The Morgan fingerprint density at radius 3 is 2.40 bits per heavy atom. The van der Waals surface area contributed by atoms with Crippen molar-refractivity contribution in [1.29, 1.82) is 0 Å². The number of aromatic nitrogens is 1. The number of nitrogens with two attached hydrogens (primary N) is 2. The smallest absolute Gasteiger partial charge is 0.211 e. The first-order valence-corrected chi connectivity index (χ1v) is 4.52. The van der Waals surface area contributed by atoms with E-state index in [0.29, 0.717) is 22.8 Å². The van der Waals surface area contributed by atoms with Gasteiger partial charge in [0, 0.05) is 11.3 Å². The van der Waals surface area contributed by atoms with E-state index in [-0.39, 0.29) is 5.78 Å². The van der Waals surface area contributed by atoms with Gasteiger partial charge >= 0.3 is 0 Å². The van der Waals surface area contributed by atoms with E-state index in [1.54, 1.807) is 36.4 Å². The van der Waals surface area contributed by atoms with Gasteiger partial charge in [0.2, 0.25) is 5.78 Å². The lowest BCUT2D eigenvalue weighted by molar-refractivity contribution is 0.103. The Morgan fingerprint density at radius 2 is 1.80 bits per heavy atom. The van der Waals surface area contributed by atoms with Gasteiger partial charge < -0.3 is 16.5 Å². The molecule has 15 heavy (non-hydrogen) atoms. The fourth-order valence-corrected chi connectivity index (χ4v) is 1.39. The van der Waals surface area contributed by atoms with Crippen LogP contribution in [0, 0.1) is 0 Å². The Bertz CT molecular complexity index is 502. The third-order valence-corrected chi connectivity index (χ3v) is 2.16. The first-order valence-electron chi connectivity index (χ1n) is 4.52. The van der Waals surface area contributed by atoms with Crippen LogP contribution in [0.1, 0.15) is 16.1 Å². The molecular formula is C11H11N3O. The Morgan fingerprint density at radius 1 is 1.07 bits per heavy atom. The molecule has 0 aliphatic rings. The van der Waals surface area contributed by atoms with E-state index in [1.807, 2.05) is 0 Å². The third kappa shape index (κ3) is 1.69. The summed E-state index contributed by atoms with van der Waals surface area (Å²) in [4.78, 5) is 14.7. The number of nitrogen functional groups attached to an aromatic ring is 2. The van der Waals surface area contributed by atoms with Gasteiger partial charge in [-0.1, -0.05) is 12.1 Å². The maximum atomic E-state index is 11.9. The van der Waals surface area contributed by atoms with Crippen LogP contribution in [0.5, 0.6) is 0 Å². The first kappa shape index (κ1) is 9.33. The van der Waals surface area contributed by atoms with Crippen molar-refractivity contribution in [2.45, 2.75) is 0 Å². The zero-order valence-electron chi connectivity index (χ0n) is 8.03. The third-order valence-electron chi connectivity index (χ3n) is 2.16. The lowest BCUT2D eigenvalue weighted by Crippen LogP contribution is -2.05. The summed E-state index contributed by atoms with van der Waals surface area (Å²) in [6, 6.07) is 10.2. The molecule has 0 saturated carbocycles. The Kier molecular flexibility index (Phi) is 2.17. The van der Waals surface area contributed by atoms with Gasteiger partial charge in [0.25, 0.3) is 0 Å². The molecule has 0 saturated heterocycles. The Hall–Kier alpha value is -2.23. The number of carbonyl (C=O) groups is 1. The molecule has 4 nitrogen and oxygen atoms in total. The summed E-state index contributed by atoms with van der Waals surface area (Å²) in [6.07, 6.45) is 0. The molecule has 0 amide bonds. The van der Waals surface area contributed by atoms with Crippen LogP contribution < -0.4 is 11.5 Å². The zero-order valence-corrected chi connectivity index (χ0v) is 8.03. The average molecular weight is 201 g/mol. The summed E-state index contributed by atoms with van der Waals surface area (Å²) >= 11 is 0. The molecule has 1 aromatic carbocycles. The van der Waals surface area contributed by atoms with Crippen molar-refractivity contribution in [2.75, 3.05) is 11.5 Å². The number of nitrogens with one attached hydrogen (secondary N) is 1. The molecular weight excluding hydrogens is 190 g/mol. The van der Waals surface area contributed by atoms with Crippen LogP contribution in [-0.2, 0) is 0 Å². The molecule has 0 atom stereocenters. The predicted octanol–water partition coefficient (Wildman–Crippen LogP) is 1.41. The van der Waals surface area contributed by atoms with Gasteiger partial charge in [-0.15, -0.1) is 0 Å². The van der Waals surface area contributed by atoms with Crippen LogP contribution in [0.4, 0.5) is 11.5 Å². The van der Waals surface area contributed by atoms with Gasteiger partial charge in [0.15, 0.2) is 0 Å². The molecule has 0 aliphatic carbocycles. The van der Waals surface area contributed by atoms with Gasteiger partial charge in [-0.25, -0.2) is 0 Å². The second-order valence-corrected chi connectivity index (χ2v) is 3.24. The number of rotatable bonds is 2. The van der Waals surface area contributed by atoms with E-state index in [4.69, 9.17) is 11.5 Å². The van der Waals surface area contributed by atoms with Gasteiger partial charge in [-0.3, -0.25) is 4.79 Å². The highest BCUT2D eigenvalue weighted by atomic mass is 16.1. The van der Waals surface area contributed by atoms with Crippen LogP contribution in [0.2, 0.25) is 0 Å². The quantitative estimate of drug-likeness (QED) is 0.507. The van der Waals surface area contributed by atoms with Gasteiger partial charge in [-0.2, -0.15) is 0 Å². The lowest BCUT2D eigenvalue weighted by atomic mass is 10.1. The molecule has 2 aromatic rings. The molecule has 4 heteroatoms. The van der Waals surface area contributed by atoms with Crippen molar-refractivity contribution in [2.24, 2.45) is 0 Å². The van der Waals surface area contributed by atoms with Crippen molar-refractivity contribution >= 4 is 17.3 Å². The summed E-state index contributed by atoms with van der Waals surface area (Å²) in [5.41, 5.74) is 12.6. The number of ketones is 1. The molecule has 1 aromatic heterocycles. The molecule has 0 fully saturated rings. The van der Waals surface area contributed by atoms with E-state index >= 15 is 0 Å².